The highest BCUT2D eigenvalue weighted by Gasteiger charge is 2.21. The SMILES string of the molecule is Cc1cccc(-n2ccnc2CN(C)CC2CCN(Cc3ccc(C)o3)CC2)c1. The van der Waals surface area contributed by atoms with Crippen LogP contribution >= 0.6 is 0 Å². The van der Waals surface area contributed by atoms with Gasteiger partial charge in [-0.3, -0.25) is 9.80 Å². The van der Waals surface area contributed by atoms with Gasteiger partial charge in [0.25, 0.3) is 0 Å². The van der Waals surface area contributed by atoms with Crippen molar-refractivity contribution in [2.24, 2.45) is 5.92 Å². The molecule has 0 unspecified atom stereocenters. The molecule has 1 aliphatic rings. The molecule has 0 spiro atoms. The Labute approximate surface area is 174 Å². The molecule has 4 rings (SSSR count). The van der Waals surface area contributed by atoms with Gasteiger partial charge in [0.1, 0.15) is 17.3 Å². The Hall–Kier alpha value is -2.37. The monoisotopic (exact) mass is 392 g/mol. The van der Waals surface area contributed by atoms with Gasteiger partial charge in [-0.15, -0.1) is 0 Å². The molecule has 5 heteroatoms. The summed E-state index contributed by atoms with van der Waals surface area (Å²) in [6, 6.07) is 12.8. The van der Waals surface area contributed by atoms with Gasteiger partial charge in [-0.25, -0.2) is 4.98 Å². The fourth-order valence-corrected chi connectivity index (χ4v) is 4.33. The summed E-state index contributed by atoms with van der Waals surface area (Å²) in [6.45, 7) is 9.36. The van der Waals surface area contributed by atoms with E-state index < -0.39 is 0 Å². The highest BCUT2D eigenvalue weighted by atomic mass is 16.3. The van der Waals surface area contributed by atoms with E-state index in [0.717, 1.165) is 56.0 Å². The lowest BCUT2D eigenvalue weighted by Crippen LogP contribution is -2.37. The summed E-state index contributed by atoms with van der Waals surface area (Å²) < 4.78 is 7.94. The predicted molar refractivity (Wildman–Crippen MR) is 116 cm³/mol. The van der Waals surface area contributed by atoms with Crippen molar-refractivity contribution in [1.82, 2.24) is 19.4 Å². The van der Waals surface area contributed by atoms with Gasteiger partial charge in [0.05, 0.1) is 13.1 Å². The normalized spacial score (nSPS) is 16.0. The first-order valence-electron chi connectivity index (χ1n) is 10.6. The Morgan fingerprint density at radius 1 is 1.14 bits per heavy atom. The quantitative estimate of drug-likeness (QED) is 0.596. The summed E-state index contributed by atoms with van der Waals surface area (Å²) >= 11 is 0. The molecule has 0 aliphatic carbocycles. The van der Waals surface area contributed by atoms with Gasteiger partial charge in [-0.2, -0.15) is 0 Å². The number of benzene rings is 1. The molecule has 0 bridgehead atoms. The Morgan fingerprint density at radius 3 is 2.69 bits per heavy atom. The van der Waals surface area contributed by atoms with Gasteiger partial charge in [-0.05, 0) is 82.6 Å². The topological polar surface area (TPSA) is 37.4 Å². The van der Waals surface area contributed by atoms with Crippen LogP contribution in [0, 0.1) is 19.8 Å². The van der Waals surface area contributed by atoms with Crippen molar-refractivity contribution in [3.8, 4) is 5.69 Å². The number of aryl methyl sites for hydroxylation is 2. The van der Waals surface area contributed by atoms with Gasteiger partial charge in [0, 0.05) is 24.6 Å². The minimum absolute atomic E-state index is 0.747. The molecule has 3 aromatic rings. The van der Waals surface area contributed by atoms with Crippen LogP contribution in [0.5, 0.6) is 0 Å². The number of piperidine rings is 1. The molecular weight excluding hydrogens is 360 g/mol. The highest BCUT2D eigenvalue weighted by molar-refractivity contribution is 5.36. The molecule has 29 heavy (non-hydrogen) atoms. The molecule has 0 atom stereocenters. The van der Waals surface area contributed by atoms with E-state index in [1.807, 2.05) is 13.1 Å². The number of imidazole rings is 1. The molecule has 0 amide bonds. The average Bonchev–Trinajstić information content (AvgIpc) is 3.32. The lowest BCUT2D eigenvalue weighted by molar-refractivity contribution is 0.139. The van der Waals surface area contributed by atoms with Crippen molar-refractivity contribution in [2.45, 2.75) is 39.8 Å². The second-order valence-electron chi connectivity index (χ2n) is 8.48. The van der Waals surface area contributed by atoms with Crippen molar-refractivity contribution in [3.05, 3.63) is 71.7 Å². The highest BCUT2D eigenvalue weighted by Crippen LogP contribution is 2.21. The van der Waals surface area contributed by atoms with Gasteiger partial charge < -0.3 is 8.98 Å². The zero-order chi connectivity index (χ0) is 20.2. The lowest BCUT2D eigenvalue weighted by Gasteiger charge is -2.33. The Balaban J connectivity index is 1.28. The summed E-state index contributed by atoms with van der Waals surface area (Å²) in [6.07, 6.45) is 6.46. The Bertz CT molecular complexity index is 920. The van der Waals surface area contributed by atoms with Crippen LogP contribution in [-0.4, -0.2) is 46.0 Å². The molecule has 1 aliphatic heterocycles. The van der Waals surface area contributed by atoms with Crippen LogP contribution in [-0.2, 0) is 13.1 Å². The van der Waals surface area contributed by atoms with Crippen LogP contribution in [0.4, 0.5) is 0 Å². The molecule has 0 saturated carbocycles. The number of rotatable bonds is 7. The Morgan fingerprint density at radius 2 is 1.97 bits per heavy atom. The summed E-state index contributed by atoms with van der Waals surface area (Å²) in [5.41, 5.74) is 2.46. The minimum atomic E-state index is 0.747. The van der Waals surface area contributed by atoms with E-state index in [9.17, 15) is 0 Å². The first kappa shape index (κ1) is 19.9. The number of likely N-dealkylation sites (tertiary alicyclic amines) is 1. The molecule has 0 radical (unpaired) electrons. The first-order valence-corrected chi connectivity index (χ1v) is 10.6. The summed E-state index contributed by atoms with van der Waals surface area (Å²) in [4.78, 5) is 9.55. The van der Waals surface area contributed by atoms with Crippen LogP contribution in [0.2, 0.25) is 0 Å². The Kier molecular flexibility index (Phi) is 6.16. The van der Waals surface area contributed by atoms with Crippen molar-refractivity contribution in [2.75, 3.05) is 26.7 Å². The third kappa shape index (κ3) is 5.17. The number of hydrogen-bond donors (Lipinski definition) is 0. The number of nitrogens with zero attached hydrogens (tertiary/aromatic N) is 4. The fourth-order valence-electron chi connectivity index (χ4n) is 4.33. The molecule has 3 heterocycles. The maximum atomic E-state index is 5.73. The second-order valence-corrected chi connectivity index (χ2v) is 8.48. The van der Waals surface area contributed by atoms with Gasteiger partial charge in [0.2, 0.25) is 0 Å². The number of aromatic nitrogens is 2. The molecule has 1 fully saturated rings. The van der Waals surface area contributed by atoms with Crippen molar-refractivity contribution >= 4 is 0 Å². The van der Waals surface area contributed by atoms with Crippen molar-refractivity contribution in [3.63, 3.8) is 0 Å². The van der Waals surface area contributed by atoms with Crippen LogP contribution < -0.4 is 0 Å². The summed E-state index contributed by atoms with van der Waals surface area (Å²) in [5, 5.41) is 0. The smallest absolute Gasteiger partial charge is 0.127 e. The largest absolute Gasteiger partial charge is 0.465 e. The molecule has 1 saturated heterocycles. The van der Waals surface area contributed by atoms with E-state index in [-0.39, 0.29) is 0 Å². The molecular formula is C24H32N4O. The molecule has 2 aromatic heterocycles. The second kappa shape index (κ2) is 8.97. The maximum Gasteiger partial charge on any atom is 0.127 e. The third-order valence-corrected chi connectivity index (χ3v) is 5.86. The van der Waals surface area contributed by atoms with E-state index >= 15 is 0 Å². The fraction of sp³-hybridized carbons (Fsp3) is 0.458. The number of furan rings is 1. The van der Waals surface area contributed by atoms with Crippen LogP contribution in [0.15, 0.2) is 53.2 Å². The van der Waals surface area contributed by atoms with Gasteiger partial charge in [-0.1, -0.05) is 12.1 Å². The van der Waals surface area contributed by atoms with E-state index in [2.05, 4.69) is 75.9 Å². The molecule has 1 aromatic carbocycles. The van der Waals surface area contributed by atoms with E-state index in [1.54, 1.807) is 0 Å². The molecule has 154 valence electrons. The standard InChI is InChI=1S/C24H32N4O/c1-19-5-4-6-22(15-19)28-14-11-25-24(28)18-26(3)16-21-9-12-27(13-10-21)17-23-8-7-20(2)29-23/h4-8,11,14-15,21H,9-10,12-13,16-18H2,1-3H3. The first-order chi connectivity index (χ1) is 14.1. The zero-order valence-electron chi connectivity index (χ0n) is 17.8. The zero-order valence-corrected chi connectivity index (χ0v) is 17.8. The molecule has 5 nitrogen and oxygen atoms in total. The number of hydrogen-bond acceptors (Lipinski definition) is 4. The van der Waals surface area contributed by atoms with Crippen molar-refractivity contribution in [1.29, 1.82) is 0 Å². The van der Waals surface area contributed by atoms with E-state index in [1.165, 1.54) is 24.1 Å². The maximum absolute atomic E-state index is 5.73. The minimum Gasteiger partial charge on any atom is -0.465 e. The third-order valence-electron chi connectivity index (χ3n) is 5.86. The predicted octanol–water partition coefficient (Wildman–Crippen LogP) is 4.43. The summed E-state index contributed by atoms with van der Waals surface area (Å²) in [5.74, 6) is 3.93. The van der Waals surface area contributed by atoms with Gasteiger partial charge in [0.15, 0.2) is 0 Å². The lowest BCUT2D eigenvalue weighted by atomic mass is 9.96. The van der Waals surface area contributed by atoms with Gasteiger partial charge >= 0.3 is 0 Å². The summed E-state index contributed by atoms with van der Waals surface area (Å²) in [7, 11) is 2.22. The average molecular weight is 393 g/mol. The van der Waals surface area contributed by atoms with Crippen molar-refractivity contribution < 1.29 is 4.42 Å². The van der Waals surface area contributed by atoms with Crippen LogP contribution in [0.1, 0.15) is 35.7 Å². The van der Waals surface area contributed by atoms with Crippen LogP contribution in [0.25, 0.3) is 5.69 Å². The van der Waals surface area contributed by atoms with E-state index in [4.69, 9.17) is 4.42 Å². The molecule has 0 N–H and O–H groups in total. The van der Waals surface area contributed by atoms with Crippen LogP contribution in [0.3, 0.4) is 0 Å². The van der Waals surface area contributed by atoms with E-state index in [0.29, 0.717) is 0 Å².